The first-order chi connectivity index (χ1) is 10.1. The summed E-state index contributed by atoms with van der Waals surface area (Å²) in [6.45, 7) is 0.864. The van der Waals surface area contributed by atoms with Crippen LogP contribution in [0.2, 0.25) is 0 Å². The number of benzene rings is 1. The Balaban J connectivity index is 2.59. The van der Waals surface area contributed by atoms with Gasteiger partial charge in [0.15, 0.2) is 11.5 Å². The Bertz CT molecular complexity index is 729. The molecule has 0 bridgehead atoms. The van der Waals surface area contributed by atoms with Gasteiger partial charge >= 0.3 is 0 Å². The molecule has 8 heteroatoms. The number of amides is 1. The molecule has 0 atom stereocenters. The van der Waals surface area contributed by atoms with Gasteiger partial charge < -0.3 is 25.1 Å². The van der Waals surface area contributed by atoms with Crippen molar-refractivity contribution in [1.82, 2.24) is 14.9 Å². The molecule has 0 aliphatic heterocycles. The molecule has 0 saturated heterocycles. The van der Waals surface area contributed by atoms with Crippen LogP contribution in [0.3, 0.4) is 0 Å². The van der Waals surface area contributed by atoms with Crippen molar-refractivity contribution < 1.29 is 14.3 Å². The van der Waals surface area contributed by atoms with E-state index < -0.39 is 0 Å². The van der Waals surface area contributed by atoms with Crippen molar-refractivity contribution in [1.29, 1.82) is 0 Å². The lowest BCUT2D eigenvalue weighted by Gasteiger charge is -2.14. The Kier molecular flexibility index (Phi) is 4.59. The summed E-state index contributed by atoms with van der Waals surface area (Å²) in [4.78, 5) is 14.7. The van der Waals surface area contributed by atoms with E-state index in [9.17, 15) is 4.79 Å². The molecule has 2 aromatic rings. The lowest BCUT2D eigenvalue weighted by molar-refractivity contribution is -0.109. The first-order valence-electron chi connectivity index (χ1n) is 6.21. The van der Waals surface area contributed by atoms with Crippen LogP contribution in [-0.2, 0) is 11.3 Å². The van der Waals surface area contributed by atoms with Crippen LogP contribution < -0.4 is 20.5 Å². The molecule has 0 aliphatic carbocycles. The van der Waals surface area contributed by atoms with Gasteiger partial charge in [0.05, 0.1) is 19.7 Å². The molecule has 0 saturated carbocycles. The SMILES string of the molecule is COc1cc2nc(=S)n(CCNC=O)c(N)c2cc1OC. The maximum atomic E-state index is 10.3. The van der Waals surface area contributed by atoms with E-state index in [0.29, 0.717) is 52.5 Å². The third-order valence-corrected chi connectivity index (χ3v) is 3.39. The quantitative estimate of drug-likeness (QED) is 0.472. The van der Waals surface area contributed by atoms with Gasteiger partial charge in [-0.15, -0.1) is 0 Å². The number of anilines is 1. The Morgan fingerprint density at radius 1 is 1.38 bits per heavy atom. The lowest BCUT2D eigenvalue weighted by Crippen LogP contribution is -2.20. The smallest absolute Gasteiger partial charge is 0.207 e. The zero-order valence-electron chi connectivity index (χ0n) is 11.8. The third-order valence-electron chi connectivity index (χ3n) is 3.08. The first kappa shape index (κ1) is 15.0. The van der Waals surface area contributed by atoms with Gasteiger partial charge in [-0.05, 0) is 18.3 Å². The van der Waals surface area contributed by atoms with Crippen molar-refractivity contribution >= 4 is 35.3 Å². The average Bonchev–Trinajstić information content (AvgIpc) is 2.49. The molecule has 0 spiro atoms. The monoisotopic (exact) mass is 308 g/mol. The number of nitrogen functional groups attached to an aromatic ring is 1. The summed E-state index contributed by atoms with van der Waals surface area (Å²) in [5.74, 6) is 1.60. The van der Waals surface area contributed by atoms with Gasteiger partial charge in [0, 0.05) is 24.5 Å². The molecular weight excluding hydrogens is 292 g/mol. The summed E-state index contributed by atoms with van der Waals surface area (Å²) in [5, 5.41) is 3.28. The molecule has 1 aromatic carbocycles. The largest absolute Gasteiger partial charge is 0.493 e. The minimum atomic E-state index is 0.347. The molecule has 7 nitrogen and oxygen atoms in total. The molecule has 1 amide bonds. The number of hydrogen-bond donors (Lipinski definition) is 2. The third kappa shape index (κ3) is 2.89. The molecule has 1 heterocycles. The zero-order chi connectivity index (χ0) is 15.4. The molecule has 0 radical (unpaired) electrons. The molecule has 3 N–H and O–H groups in total. The summed E-state index contributed by atoms with van der Waals surface area (Å²) >= 11 is 5.24. The van der Waals surface area contributed by atoms with Crippen LogP contribution in [0.5, 0.6) is 11.5 Å². The van der Waals surface area contributed by atoms with Crippen molar-refractivity contribution in [3.63, 3.8) is 0 Å². The number of carbonyl (C=O) groups excluding carboxylic acids is 1. The number of nitrogens with one attached hydrogen (secondary N) is 1. The van der Waals surface area contributed by atoms with E-state index in [4.69, 9.17) is 27.4 Å². The normalized spacial score (nSPS) is 10.4. The van der Waals surface area contributed by atoms with Gasteiger partial charge in [0.2, 0.25) is 11.2 Å². The van der Waals surface area contributed by atoms with Crippen LogP contribution in [0.1, 0.15) is 0 Å². The van der Waals surface area contributed by atoms with Crippen LogP contribution in [0, 0.1) is 4.77 Å². The number of nitrogens with zero attached hydrogens (tertiary/aromatic N) is 2. The second kappa shape index (κ2) is 6.40. The molecule has 0 fully saturated rings. The molecule has 0 unspecified atom stereocenters. The minimum Gasteiger partial charge on any atom is -0.493 e. The van der Waals surface area contributed by atoms with Crippen molar-refractivity contribution in [3.8, 4) is 11.5 Å². The standard InChI is InChI=1S/C13H16N4O3S/c1-19-10-5-8-9(6-11(10)20-2)16-13(21)17(12(8)14)4-3-15-7-18/h5-7H,3-4,14H2,1-2H3,(H,15,18). The molecule has 21 heavy (non-hydrogen) atoms. The number of ether oxygens (including phenoxy) is 2. The van der Waals surface area contributed by atoms with E-state index in [1.54, 1.807) is 30.9 Å². The van der Waals surface area contributed by atoms with Crippen LogP contribution in [0.4, 0.5) is 5.82 Å². The van der Waals surface area contributed by atoms with E-state index in [-0.39, 0.29) is 0 Å². The van der Waals surface area contributed by atoms with Crippen LogP contribution >= 0.6 is 12.2 Å². The highest BCUT2D eigenvalue weighted by atomic mass is 32.1. The average molecular weight is 308 g/mol. The fourth-order valence-electron chi connectivity index (χ4n) is 2.03. The number of methoxy groups -OCH3 is 2. The number of carbonyl (C=O) groups is 1. The second-order valence-electron chi connectivity index (χ2n) is 4.23. The summed E-state index contributed by atoms with van der Waals surface area (Å²) in [6.07, 6.45) is 0.627. The van der Waals surface area contributed by atoms with Gasteiger partial charge in [-0.3, -0.25) is 4.79 Å². The molecule has 2 rings (SSSR count). The highest BCUT2D eigenvalue weighted by molar-refractivity contribution is 7.71. The number of aromatic nitrogens is 2. The number of hydrogen-bond acceptors (Lipinski definition) is 6. The Morgan fingerprint density at radius 3 is 2.67 bits per heavy atom. The van der Waals surface area contributed by atoms with E-state index in [0.717, 1.165) is 0 Å². The summed E-state index contributed by atoms with van der Waals surface area (Å²) < 4.78 is 12.5. The van der Waals surface area contributed by atoms with Crippen LogP contribution in [-0.4, -0.2) is 36.7 Å². The molecule has 1 aromatic heterocycles. The van der Waals surface area contributed by atoms with Gasteiger partial charge in [-0.2, -0.15) is 0 Å². The van der Waals surface area contributed by atoms with Crippen molar-refractivity contribution in [2.45, 2.75) is 6.54 Å². The predicted molar refractivity (Wildman–Crippen MR) is 82.2 cm³/mol. The van der Waals surface area contributed by atoms with Gasteiger partial charge in [0.1, 0.15) is 5.82 Å². The summed E-state index contributed by atoms with van der Waals surface area (Å²) in [6, 6.07) is 3.49. The van der Waals surface area contributed by atoms with Crippen molar-refractivity contribution in [3.05, 3.63) is 16.9 Å². The summed E-state index contributed by atoms with van der Waals surface area (Å²) in [7, 11) is 3.10. The predicted octanol–water partition coefficient (Wildman–Crippen LogP) is 1.11. The van der Waals surface area contributed by atoms with E-state index >= 15 is 0 Å². The van der Waals surface area contributed by atoms with Crippen LogP contribution in [0.25, 0.3) is 10.9 Å². The van der Waals surface area contributed by atoms with Gasteiger partial charge in [0.25, 0.3) is 0 Å². The minimum absolute atomic E-state index is 0.347. The topological polar surface area (TPSA) is 91.4 Å². The highest BCUT2D eigenvalue weighted by Gasteiger charge is 2.12. The zero-order valence-corrected chi connectivity index (χ0v) is 12.6. The maximum Gasteiger partial charge on any atom is 0.207 e. The van der Waals surface area contributed by atoms with Gasteiger partial charge in [-0.25, -0.2) is 4.98 Å². The van der Waals surface area contributed by atoms with Crippen molar-refractivity contribution in [2.24, 2.45) is 0 Å². The maximum absolute atomic E-state index is 10.3. The Labute approximate surface area is 126 Å². The second-order valence-corrected chi connectivity index (χ2v) is 4.59. The number of fused-ring (bicyclic) bond motifs is 1. The highest BCUT2D eigenvalue weighted by Crippen LogP contribution is 2.33. The fourth-order valence-corrected chi connectivity index (χ4v) is 2.32. The van der Waals surface area contributed by atoms with Crippen molar-refractivity contribution in [2.75, 3.05) is 26.5 Å². The van der Waals surface area contributed by atoms with Crippen LogP contribution in [0.15, 0.2) is 12.1 Å². The number of nitrogens with two attached hydrogens (primary N) is 1. The first-order valence-corrected chi connectivity index (χ1v) is 6.62. The van der Waals surface area contributed by atoms with Gasteiger partial charge in [-0.1, -0.05) is 0 Å². The molecule has 112 valence electrons. The Hall–Kier alpha value is -2.35. The Morgan fingerprint density at radius 2 is 2.05 bits per heavy atom. The lowest BCUT2D eigenvalue weighted by atomic mass is 10.2. The summed E-state index contributed by atoms with van der Waals surface area (Å²) in [5.41, 5.74) is 6.80. The molecular formula is C13H16N4O3S. The van der Waals surface area contributed by atoms with E-state index in [1.165, 1.54) is 0 Å². The van der Waals surface area contributed by atoms with E-state index in [2.05, 4.69) is 10.3 Å². The molecule has 0 aliphatic rings. The fraction of sp³-hybridized carbons (Fsp3) is 0.308. The number of rotatable bonds is 6. The van der Waals surface area contributed by atoms with E-state index in [1.807, 2.05) is 0 Å².